The third kappa shape index (κ3) is 6.63. The van der Waals surface area contributed by atoms with E-state index in [2.05, 4.69) is 57.0 Å². The van der Waals surface area contributed by atoms with Crippen molar-refractivity contribution in [2.24, 2.45) is 12.0 Å². The number of nitrogens with one attached hydrogen (secondary N) is 2. The molecule has 3 heterocycles. The number of thioether (sulfide) groups is 1. The Morgan fingerprint density at radius 2 is 2.22 bits per heavy atom. The van der Waals surface area contributed by atoms with Crippen LogP contribution in [-0.2, 0) is 20.0 Å². The molecule has 1 fully saturated rings. The van der Waals surface area contributed by atoms with Gasteiger partial charge in [0.15, 0.2) is 11.8 Å². The van der Waals surface area contributed by atoms with Gasteiger partial charge in [0.25, 0.3) is 0 Å². The maximum atomic E-state index is 4.74. The fourth-order valence-corrected chi connectivity index (χ4v) is 4.87. The molecule has 0 aromatic carbocycles. The second-order valence-corrected chi connectivity index (χ2v) is 9.61. The predicted octanol–water partition coefficient (Wildman–Crippen LogP) is 3.37. The molecular formula is C18H29IN6S2. The van der Waals surface area contributed by atoms with Crippen molar-refractivity contribution in [3.63, 3.8) is 0 Å². The molecule has 0 bridgehead atoms. The molecular weight excluding hydrogens is 491 g/mol. The van der Waals surface area contributed by atoms with Crippen LogP contribution in [0.5, 0.6) is 0 Å². The molecule has 27 heavy (non-hydrogen) atoms. The van der Waals surface area contributed by atoms with E-state index in [4.69, 9.17) is 4.99 Å². The van der Waals surface area contributed by atoms with Crippen LogP contribution in [0.15, 0.2) is 22.5 Å². The van der Waals surface area contributed by atoms with E-state index in [0.29, 0.717) is 11.3 Å². The minimum Gasteiger partial charge on any atom is -0.356 e. The average Bonchev–Trinajstić information content (AvgIpc) is 3.36. The minimum atomic E-state index is 0. The Bertz CT molecular complexity index is 722. The Morgan fingerprint density at radius 1 is 1.37 bits per heavy atom. The lowest BCUT2D eigenvalue weighted by Gasteiger charge is -2.24. The number of aryl methyl sites for hydroxylation is 1. The number of nitrogens with zero attached hydrogens (tertiary/aromatic N) is 4. The first-order chi connectivity index (χ1) is 12.6. The van der Waals surface area contributed by atoms with Gasteiger partial charge in [-0.1, -0.05) is 6.07 Å². The zero-order chi connectivity index (χ0) is 18.4. The Balaban J connectivity index is 0.00000261. The summed E-state index contributed by atoms with van der Waals surface area (Å²) in [6, 6.07) is 4.27. The Hall–Kier alpha value is -0.810. The van der Waals surface area contributed by atoms with Gasteiger partial charge in [-0.05, 0) is 50.3 Å². The second-order valence-electron chi connectivity index (χ2n) is 6.90. The van der Waals surface area contributed by atoms with Crippen molar-refractivity contribution in [1.29, 1.82) is 0 Å². The molecule has 1 atom stereocenters. The normalized spacial score (nSPS) is 19.7. The highest BCUT2D eigenvalue weighted by Crippen LogP contribution is 2.36. The van der Waals surface area contributed by atoms with Gasteiger partial charge in [0, 0.05) is 29.8 Å². The fraction of sp³-hybridized carbons (Fsp3) is 0.611. The van der Waals surface area contributed by atoms with E-state index in [9.17, 15) is 0 Å². The minimum absolute atomic E-state index is 0. The van der Waals surface area contributed by atoms with Crippen molar-refractivity contribution in [2.75, 3.05) is 18.8 Å². The van der Waals surface area contributed by atoms with E-state index in [1.54, 1.807) is 11.3 Å². The molecule has 1 saturated heterocycles. The molecule has 2 aromatic heterocycles. The van der Waals surface area contributed by atoms with Crippen molar-refractivity contribution >= 4 is 53.0 Å². The van der Waals surface area contributed by atoms with Crippen LogP contribution in [0.25, 0.3) is 0 Å². The molecule has 1 aliphatic heterocycles. The molecule has 3 rings (SSSR count). The largest absolute Gasteiger partial charge is 0.356 e. The summed E-state index contributed by atoms with van der Waals surface area (Å²) in [5, 5.41) is 17.5. The number of aliphatic imine (C=N–C) groups is 1. The fourth-order valence-electron chi connectivity index (χ4n) is 2.92. The van der Waals surface area contributed by atoms with E-state index < -0.39 is 0 Å². The highest BCUT2D eigenvalue weighted by molar-refractivity contribution is 14.0. The second kappa shape index (κ2) is 10.7. The van der Waals surface area contributed by atoms with Crippen LogP contribution in [-0.4, -0.2) is 44.3 Å². The van der Waals surface area contributed by atoms with Crippen LogP contribution in [0.4, 0.5) is 0 Å². The van der Waals surface area contributed by atoms with Gasteiger partial charge >= 0.3 is 0 Å². The zero-order valence-corrected chi connectivity index (χ0v) is 20.2. The molecule has 1 aliphatic rings. The van der Waals surface area contributed by atoms with Crippen LogP contribution in [0.1, 0.15) is 36.3 Å². The maximum Gasteiger partial charge on any atom is 0.191 e. The number of halogens is 1. The summed E-state index contributed by atoms with van der Waals surface area (Å²) < 4.78 is 2.29. The van der Waals surface area contributed by atoms with Crippen molar-refractivity contribution in [1.82, 2.24) is 25.4 Å². The van der Waals surface area contributed by atoms with Gasteiger partial charge in [-0.15, -0.1) is 45.5 Å². The summed E-state index contributed by atoms with van der Waals surface area (Å²) in [7, 11) is 1.98. The zero-order valence-electron chi connectivity index (χ0n) is 16.2. The van der Waals surface area contributed by atoms with E-state index in [-0.39, 0.29) is 24.0 Å². The molecule has 0 amide bonds. The first kappa shape index (κ1) is 22.5. The Morgan fingerprint density at radius 3 is 2.85 bits per heavy atom. The Labute approximate surface area is 187 Å². The first-order valence-corrected chi connectivity index (χ1v) is 11.0. The summed E-state index contributed by atoms with van der Waals surface area (Å²) in [5.74, 6) is 3.90. The van der Waals surface area contributed by atoms with Crippen LogP contribution in [0, 0.1) is 6.92 Å². The average molecular weight is 521 g/mol. The van der Waals surface area contributed by atoms with E-state index in [1.165, 1.54) is 23.5 Å². The third-order valence-electron chi connectivity index (χ3n) is 4.74. The lowest BCUT2D eigenvalue weighted by atomic mass is 10.1. The van der Waals surface area contributed by atoms with Crippen molar-refractivity contribution in [3.05, 3.63) is 34.0 Å². The summed E-state index contributed by atoms with van der Waals surface area (Å²) >= 11 is 3.86. The number of guanidine groups is 1. The van der Waals surface area contributed by atoms with Gasteiger partial charge < -0.3 is 15.2 Å². The quantitative estimate of drug-likeness (QED) is 0.333. The highest BCUT2D eigenvalue weighted by Gasteiger charge is 2.29. The lowest BCUT2D eigenvalue weighted by molar-refractivity contribution is 0.583. The lowest BCUT2D eigenvalue weighted by Crippen LogP contribution is -2.44. The van der Waals surface area contributed by atoms with Crippen LogP contribution in [0.3, 0.4) is 0 Å². The van der Waals surface area contributed by atoms with Gasteiger partial charge in [0.05, 0.1) is 0 Å². The van der Waals surface area contributed by atoms with Gasteiger partial charge in [-0.3, -0.25) is 0 Å². The predicted molar refractivity (Wildman–Crippen MR) is 126 cm³/mol. The van der Waals surface area contributed by atoms with Gasteiger partial charge in [0.1, 0.15) is 12.4 Å². The molecule has 9 heteroatoms. The standard InChI is InChI=1S/C18H28N6S2.HI/c1-14-22-23-16(24(14)3)12-20-17(19-9-7-15-6-4-10-25-15)21-13-18(2)8-5-11-26-18;/h4,6,10H,5,7-9,11-13H2,1-3H3,(H2,19,20,21);1H. The molecule has 1 unspecified atom stereocenters. The summed E-state index contributed by atoms with van der Waals surface area (Å²) in [5.41, 5.74) is 0. The summed E-state index contributed by atoms with van der Waals surface area (Å²) in [6.07, 6.45) is 3.57. The number of hydrogen-bond acceptors (Lipinski definition) is 5. The van der Waals surface area contributed by atoms with Gasteiger partial charge in [-0.2, -0.15) is 11.8 Å². The molecule has 0 saturated carbocycles. The SMILES string of the molecule is Cc1nnc(CN=C(NCCc2cccs2)NCC2(C)CCCS2)n1C.I. The van der Waals surface area contributed by atoms with Crippen molar-refractivity contribution in [3.8, 4) is 0 Å². The molecule has 2 N–H and O–H groups in total. The number of rotatable bonds is 7. The molecule has 2 aromatic rings. The van der Waals surface area contributed by atoms with Gasteiger partial charge in [0.2, 0.25) is 0 Å². The number of hydrogen-bond donors (Lipinski definition) is 2. The van der Waals surface area contributed by atoms with Crippen LogP contribution in [0.2, 0.25) is 0 Å². The monoisotopic (exact) mass is 520 g/mol. The molecule has 0 aliphatic carbocycles. The number of thiophene rings is 1. The Kier molecular flexibility index (Phi) is 8.87. The smallest absolute Gasteiger partial charge is 0.191 e. The van der Waals surface area contributed by atoms with Crippen molar-refractivity contribution in [2.45, 2.75) is 44.4 Å². The highest BCUT2D eigenvalue weighted by atomic mass is 127. The molecule has 150 valence electrons. The number of aromatic nitrogens is 3. The van der Waals surface area contributed by atoms with E-state index in [1.807, 2.05) is 18.5 Å². The third-order valence-corrected chi connectivity index (χ3v) is 7.21. The topological polar surface area (TPSA) is 67.1 Å². The van der Waals surface area contributed by atoms with Crippen LogP contribution >= 0.6 is 47.1 Å². The van der Waals surface area contributed by atoms with Crippen LogP contribution < -0.4 is 10.6 Å². The van der Waals surface area contributed by atoms with Gasteiger partial charge in [-0.25, -0.2) is 4.99 Å². The maximum absolute atomic E-state index is 4.74. The summed E-state index contributed by atoms with van der Waals surface area (Å²) in [4.78, 5) is 6.13. The molecule has 0 spiro atoms. The van der Waals surface area contributed by atoms with E-state index in [0.717, 1.165) is 37.1 Å². The summed E-state index contributed by atoms with van der Waals surface area (Å²) in [6.45, 7) is 6.62. The first-order valence-electron chi connectivity index (χ1n) is 9.09. The molecule has 6 nitrogen and oxygen atoms in total. The molecule has 0 radical (unpaired) electrons. The van der Waals surface area contributed by atoms with E-state index >= 15 is 0 Å². The van der Waals surface area contributed by atoms with Crippen molar-refractivity contribution < 1.29 is 0 Å².